The van der Waals surface area contributed by atoms with E-state index >= 15 is 0 Å². The van der Waals surface area contributed by atoms with E-state index < -0.39 is 0 Å². The van der Waals surface area contributed by atoms with E-state index in [0.717, 1.165) is 33.6 Å². The molecule has 0 saturated carbocycles. The zero-order valence-electron chi connectivity index (χ0n) is 13.6. The number of nitrogens with zero attached hydrogens (tertiary/aromatic N) is 4. The van der Waals surface area contributed by atoms with Crippen molar-refractivity contribution >= 4 is 33.3 Å². The molecule has 0 fully saturated rings. The summed E-state index contributed by atoms with van der Waals surface area (Å²) in [5.41, 5.74) is 2.05. The highest BCUT2D eigenvalue weighted by molar-refractivity contribution is 7.99. The Hall–Kier alpha value is -2.58. The number of thiophene rings is 1. The van der Waals surface area contributed by atoms with Gasteiger partial charge in [-0.15, -0.1) is 11.3 Å². The fourth-order valence-electron chi connectivity index (χ4n) is 3.16. The maximum atomic E-state index is 11.6. The van der Waals surface area contributed by atoms with Gasteiger partial charge in [0.25, 0.3) is 5.56 Å². The summed E-state index contributed by atoms with van der Waals surface area (Å²) in [6, 6.07) is 5.23. The van der Waals surface area contributed by atoms with E-state index in [1.165, 1.54) is 40.9 Å². The predicted octanol–water partition coefficient (Wildman–Crippen LogP) is 3.48. The summed E-state index contributed by atoms with van der Waals surface area (Å²) >= 11 is 3.13. The Bertz CT molecular complexity index is 1170. The number of fused-ring (bicyclic) bond motifs is 3. The summed E-state index contributed by atoms with van der Waals surface area (Å²) in [4.78, 5) is 34.8. The summed E-state index contributed by atoms with van der Waals surface area (Å²) in [7, 11) is 0. The van der Waals surface area contributed by atoms with Gasteiger partial charge >= 0.3 is 0 Å². The van der Waals surface area contributed by atoms with Crippen molar-refractivity contribution in [2.45, 2.75) is 29.4 Å². The molecule has 0 amide bonds. The first-order valence-corrected chi connectivity index (χ1v) is 9.87. The van der Waals surface area contributed by atoms with Crippen LogP contribution in [0.1, 0.15) is 16.9 Å². The van der Waals surface area contributed by atoms with Crippen molar-refractivity contribution < 1.29 is 0 Å². The summed E-state index contributed by atoms with van der Waals surface area (Å²) in [6.07, 6.45) is 8.33. The van der Waals surface area contributed by atoms with Crippen LogP contribution in [0, 0.1) is 0 Å². The average Bonchev–Trinajstić information content (AvgIpc) is 3.23. The third-order valence-electron chi connectivity index (χ3n) is 4.29. The van der Waals surface area contributed by atoms with Crippen LogP contribution < -0.4 is 5.56 Å². The highest BCUT2D eigenvalue weighted by Gasteiger charge is 2.23. The van der Waals surface area contributed by atoms with Crippen molar-refractivity contribution in [1.82, 2.24) is 24.9 Å². The number of hydrogen-bond acceptors (Lipinski definition) is 7. The highest BCUT2D eigenvalue weighted by atomic mass is 32.2. The molecule has 26 heavy (non-hydrogen) atoms. The normalized spacial score (nSPS) is 13.2. The van der Waals surface area contributed by atoms with Gasteiger partial charge in [-0.3, -0.25) is 9.78 Å². The van der Waals surface area contributed by atoms with Gasteiger partial charge in [0.1, 0.15) is 9.86 Å². The van der Waals surface area contributed by atoms with Crippen LogP contribution in [0.3, 0.4) is 0 Å². The van der Waals surface area contributed by atoms with E-state index in [0.29, 0.717) is 11.0 Å². The number of aromatic nitrogens is 5. The standard InChI is InChI=1S/C18H13N5OS2/c24-13-6-8-20-18(21-13)26-17-14-11-4-1-5-12(11)25-16(14)22-15(23-17)10-3-2-7-19-9-10/h2-3,6-9H,1,4-5H2,(H,20,21,24). The number of aromatic amines is 1. The molecule has 8 heteroatoms. The average molecular weight is 379 g/mol. The molecule has 0 spiro atoms. The Morgan fingerprint density at radius 2 is 2.12 bits per heavy atom. The van der Waals surface area contributed by atoms with Crippen molar-refractivity contribution in [1.29, 1.82) is 0 Å². The number of H-pyrrole nitrogens is 1. The van der Waals surface area contributed by atoms with Crippen LogP contribution in [0.4, 0.5) is 0 Å². The quantitative estimate of drug-likeness (QED) is 0.433. The van der Waals surface area contributed by atoms with Gasteiger partial charge < -0.3 is 4.98 Å². The molecule has 1 aliphatic rings. The molecule has 1 aliphatic carbocycles. The zero-order chi connectivity index (χ0) is 17.5. The second kappa shape index (κ2) is 6.30. The van der Waals surface area contributed by atoms with Gasteiger partial charge in [-0.2, -0.15) is 0 Å². The van der Waals surface area contributed by atoms with E-state index in [-0.39, 0.29) is 5.56 Å². The van der Waals surface area contributed by atoms with Crippen molar-refractivity contribution in [3.63, 3.8) is 0 Å². The van der Waals surface area contributed by atoms with Gasteiger partial charge in [0, 0.05) is 40.5 Å². The molecule has 1 N–H and O–H groups in total. The molecule has 0 saturated heterocycles. The van der Waals surface area contributed by atoms with E-state index in [1.807, 2.05) is 12.1 Å². The summed E-state index contributed by atoms with van der Waals surface area (Å²) < 4.78 is 0. The Labute approximate surface area is 156 Å². The molecule has 128 valence electrons. The molecular weight excluding hydrogens is 366 g/mol. The van der Waals surface area contributed by atoms with E-state index in [4.69, 9.17) is 9.97 Å². The molecule has 0 radical (unpaired) electrons. The molecule has 0 unspecified atom stereocenters. The molecule has 5 rings (SSSR count). The van der Waals surface area contributed by atoms with E-state index in [2.05, 4.69) is 15.0 Å². The molecule has 4 aromatic heterocycles. The number of aryl methyl sites for hydroxylation is 2. The Balaban J connectivity index is 1.72. The van der Waals surface area contributed by atoms with E-state index in [9.17, 15) is 4.79 Å². The van der Waals surface area contributed by atoms with Crippen LogP contribution in [-0.4, -0.2) is 24.9 Å². The number of pyridine rings is 1. The summed E-state index contributed by atoms with van der Waals surface area (Å²) in [6.45, 7) is 0. The molecular formula is C18H13N5OS2. The van der Waals surface area contributed by atoms with Crippen LogP contribution in [0.2, 0.25) is 0 Å². The molecule has 0 aliphatic heterocycles. The number of rotatable bonds is 3. The molecule has 4 heterocycles. The molecule has 0 aromatic carbocycles. The van der Waals surface area contributed by atoms with Crippen LogP contribution in [0.15, 0.2) is 51.8 Å². The van der Waals surface area contributed by atoms with Crippen LogP contribution in [-0.2, 0) is 12.8 Å². The van der Waals surface area contributed by atoms with Crippen molar-refractivity contribution in [2.24, 2.45) is 0 Å². The lowest BCUT2D eigenvalue weighted by molar-refractivity contribution is 0.914. The second-order valence-corrected chi connectivity index (χ2v) is 8.03. The Morgan fingerprint density at radius 3 is 2.96 bits per heavy atom. The number of nitrogens with one attached hydrogen (secondary N) is 1. The molecule has 6 nitrogen and oxygen atoms in total. The minimum absolute atomic E-state index is 0.171. The number of hydrogen-bond donors (Lipinski definition) is 1. The van der Waals surface area contributed by atoms with Crippen molar-refractivity contribution in [2.75, 3.05) is 0 Å². The summed E-state index contributed by atoms with van der Waals surface area (Å²) in [5.74, 6) is 0.645. The maximum absolute atomic E-state index is 11.6. The minimum Gasteiger partial charge on any atom is -0.301 e. The first-order chi connectivity index (χ1) is 12.8. The smallest absolute Gasteiger partial charge is 0.251 e. The van der Waals surface area contributed by atoms with Gasteiger partial charge in [0.05, 0.1) is 0 Å². The van der Waals surface area contributed by atoms with Crippen molar-refractivity contribution in [3.8, 4) is 11.4 Å². The highest BCUT2D eigenvalue weighted by Crippen LogP contribution is 2.42. The molecule has 4 aromatic rings. The first-order valence-electron chi connectivity index (χ1n) is 8.24. The van der Waals surface area contributed by atoms with Crippen LogP contribution in [0.5, 0.6) is 0 Å². The van der Waals surface area contributed by atoms with Gasteiger partial charge in [0.2, 0.25) is 0 Å². The maximum Gasteiger partial charge on any atom is 0.251 e. The summed E-state index contributed by atoms with van der Waals surface area (Å²) in [5, 5.41) is 2.47. The fraction of sp³-hybridized carbons (Fsp3) is 0.167. The fourth-order valence-corrected chi connectivity index (χ4v) is 5.38. The lowest BCUT2D eigenvalue weighted by atomic mass is 10.2. The second-order valence-electron chi connectivity index (χ2n) is 5.97. The Morgan fingerprint density at radius 1 is 1.15 bits per heavy atom. The van der Waals surface area contributed by atoms with Gasteiger partial charge in [-0.1, -0.05) is 0 Å². The lowest BCUT2D eigenvalue weighted by Gasteiger charge is -2.07. The van der Waals surface area contributed by atoms with Gasteiger partial charge in [-0.05, 0) is 48.7 Å². The van der Waals surface area contributed by atoms with Crippen molar-refractivity contribution in [3.05, 3.63) is 57.6 Å². The van der Waals surface area contributed by atoms with Gasteiger partial charge in [0.15, 0.2) is 11.0 Å². The third kappa shape index (κ3) is 2.71. The van der Waals surface area contributed by atoms with Gasteiger partial charge in [-0.25, -0.2) is 15.0 Å². The third-order valence-corrected chi connectivity index (χ3v) is 6.37. The zero-order valence-corrected chi connectivity index (χ0v) is 15.2. The Kier molecular flexibility index (Phi) is 3.79. The largest absolute Gasteiger partial charge is 0.301 e. The molecule has 0 bridgehead atoms. The minimum atomic E-state index is -0.171. The first kappa shape index (κ1) is 15.7. The lowest BCUT2D eigenvalue weighted by Crippen LogP contribution is -2.05. The monoisotopic (exact) mass is 379 g/mol. The van der Waals surface area contributed by atoms with Crippen LogP contribution >= 0.6 is 23.1 Å². The molecule has 0 atom stereocenters. The van der Waals surface area contributed by atoms with Crippen LogP contribution in [0.25, 0.3) is 21.6 Å². The predicted molar refractivity (Wildman–Crippen MR) is 102 cm³/mol. The topological polar surface area (TPSA) is 84.4 Å². The SMILES string of the molecule is O=c1ccnc(Sc2nc(-c3cccnc3)nc3sc4c(c23)CCC4)[nH]1. The van der Waals surface area contributed by atoms with E-state index in [1.54, 1.807) is 23.7 Å².